The minimum atomic E-state index is -1.60. The molecule has 0 atom stereocenters. The zero-order valence-corrected chi connectivity index (χ0v) is 11.5. The summed E-state index contributed by atoms with van der Waals surface area (Å²) in [5.41, 5.74) is -1.06. The van der Waals surface area contributed by atoms with Crippen molar-refractivity contribution in [1.29, 1.82) is 0 Å². The van der Waals surface area contributed by atoms with E-state index in [1.807, 2.05) is 0 Å². The molecule has 10 heteroatoms. The normalized spacial score (nSPS) is 10.6. The summed E-state index contributed by atoms with van der Waals surface area (Å²) in [5.74, 6) is -6.57. The van der Waals surface area contributed by atoms with Crippen LogP contribution < -0.4 is 10.2 Å². The number of nitrogens with one attached hydrogen (secondary N) is 1. The Kier molecular flexibility index (Phi) is 4.12. The molecule has 1 aromatic carbocycles. The van der Waals surface area contributed by atoms with E-state index in [0.717, 1.165) is 0 Å². The third-order valence-corrected chi connectivity index (χ3v) is 2.51. The van der Waals surface area contributed by atoms with Gasteiger partial charge in [0.2, 0.25) is 17.2 Å². The van der Waals surface area contributed by atoms with Crippen LogP contribution in [0.3, 0.4) is 0 Å². The van der Waals surface area contributed by atoms with Gasteiger partial charge in [0.05, 0.1) is 0 Å². The molecule has 0 amide bonds. The molecule has 21 heavy (non-hydrogen) atoms. The van der Waals surface area contributed by atoms with E-state index in [1.54, 1.807) is 14.1 Å². The van der Waals surface area contributed by atoms with Crippen molar-refractivity contribution in [3.8, 4) is 0 Å². The third-order valence-electron chi connectivity index (χ3n) is 2.34. The standard InChI is InChI=1S/C11H8ClF4N5/c1-21(2)11-19-9(12)18-10(20-11)17-8-6(15)4(13)3-5(14)7(8)16/h3H,1-2H3,(H,17,18,19,20). The van der Waals surface area contributed by atoms with Crippen LogP contribution in [0.2, 0.25) is 5.28 Å². The topological polar surface area (TPSA) is 53.9 Å². The number of rotatable bonds is 3. The Balaban J connectivity index is 2.48. The lowest BCUT2D eigenvalue weighted by Gasteiger charge is -2.12. The second kappa shape index (κ2) is 5.68. The van der Waals surface area contributed by atoms with Crippen molar-refractivity contribution < 1.29 is 17.6 Å². The Morgan fingerprint density at radius 3 is 2.10 bits per heavy atom. The van der Waals surface area contributed by atoms with Gasteiger partial charge < -0.3 is 10.2 Å². The second-order valence-electron chi connectivity index (χ2n) is 4.09. The fourth-order valence-electron chi connectivity index (χ4n) is 1.39. The lowest BCUT2D eigenvalue weighted by atomic mass is 10.2. The molecule has 0 saturated carbocycles. The first kappa shape index (κ1) is 15.2. The zero-order valence-electron chi connectivity index (χ0n) is 10.8. The van der Waals surface area contributed by atoms with Crippen molar-refractivity contribution in [2.24, 2.45) is 0 Å². The van der Waals surface area contributed by atoms with Crippen LogP contribution in [0.4, 0.5) is 35.1 Å². The van der Waals surface area contributed by atoms with E-state index in [4.69, 9.17) is 11.6 Å². The maximum Gasteiger partial charge on any atom is 0.233 e. The first-order valence-electron chi connectivity index (χ1n) is 5.48. The number of aromatic nitrogens is 3. The molecule has 112 valence electrons. The van der Waals surface area contributed by atoms with Gasteiger partial charge in [-0.05, 0) is 11.6 Å². The van der Waals surface area contributed by atoms with Gasteiger partial charge in [0.25, 0.3) is 0 Å². The average molecular weight is 322 g/mol. The highest BCUT2D eigenvalue weighted by Gasteiger charge is 2.20. The minimum absolute atomic E-state index is 0.0928. The van der Waals surface area contributed by atoms with Crippen LogP contribution in [0.25, 0.3) is 0 Å². The number of hydrogen-bond acceptors (Lipinski definition) is 5. The fourth-order valence-corrected chi connectivity index (χ4v) is 1.55. The van der Waals surface area contributed by atoms with E-state index in [0.29, 0.717) is 0 Å². The minimum Gasteiger partial charge on any atom is -0.347 e. The molecule has 0 aliphatic heterocycles. The first-order valence-corrected chi connectivity index (χ1v) is 5.86. The molecule has 2 rings (SSSR count). The van der Waals surface area contributed by atoms with Gasteiger partial charge in [0, 0.05) is 20.2 Å². The van der Waals surface area contributed by atoms with Gasteiger partial charge in [-0.2, -0.15) is 15.0 Å². The molecule has 0 fully saturated rings. The molecule has 2 aromatic rings. The molecule has 0 unspecified atom stereocenters. The summed E-state index contributed by atoms with van der Waals surface area (Å²) in [5, 5.41) is 1.80. The predicted octanol–water partition coefficient (Wildman–Crippen LogP) is 2.89. The summed E-state index contributed by atoms with van der Waals surface area (Å²) in [6.07, 6.45) is 0. The Bertz CT molecular complexity index is 669. The summed E-state index contributed by atoms with van der Waals surface area (Å²) in [7, 11) is 3.19. The molecular weight excluding hydrogens is 314 g/mol. The molecule has 0 bridgehead atoms. The highest BCUT2D eigenvalue weighted by molar-refractivity contribution is 6.28. The van der Waals surface area contributed by atoms with E-state index in [1.165, 1.54) is 4.90 Å². The van der Waals surface area contributed by atoms with Gasteiger partial charge in [0.15, 0.2) is 23.3 Å². The van der Waals surface area contributed by atoms with Gasteiger partial charge in [-0.25, -0.2) is 17.6 Å². The highest BCUT2D eigenvalue weighted by Crippen LogP contribution is 2.26. The smallest absolute Gasteiger partial charge is 0.233 e. The van der Waals surface area contributed by atoms with Gasteiger partial charge in [-0.15, -0.1) is 0 Å². The lowest BCUT2D eigenvalue weighted by Crippen LogP contribution is -2.15. The third kappa shape index (κ3) is 3.13. The molecule has 0 spiro atoms. The maximum atomic E-state index is 13.5. The fraction of sp³-hybridized carbons (Fsp3) is 0.182. The van der Waals surface area contributed by atoms with Gasteiger partial charge in [-0.1, -0.05) is 0 Å². The monoisotopic (exact) mass is 321 g/mol. The van der Waals surface area contributed by atoms with Gasteiger partial charge >= 0.3 is 0 Å². The average Bonchev–Trinajstić information content (AvgIpc) is 2.41. The number of nitrogens with zero attached hydrogens (tertiary/aromatic N) is 4. The van der Waals surface area contributed by atoms with Crippen molar-refractivity contribution in [3.63, 3.8) is 0 Å². The Labute approximate surface area is 121 Å². The molecule has 1 aromatic heterocycles. The molecule has 0 aliphatic carbocycles. The van der Waals surface area contributed by atoms with E-state index in [9.17, 15) is 17.6 Å². The van der Waals surface area contributed by atoms with Crippen LogP contribution in [-0.4, -0.2) is 29.0 Å². The molecular formula is C11H8ClF4N5. The molecule has 1 N–H and O–H groups in total. The van der Waals surface area contributed by atoms with E-state index in [-0.39, 0.29) is 23.2 Å². The number of benzene rings is 1. The molecule has 0 aliphatic rings. The first-order chi connectivity index (χ1) is 9.79. The van der Waals surface area contributed by atoms with Gasteiger partial charge in [0.1, 0.15) is 5.69 Å². The van der Waals surface area contributed by atoms with Crippen molar-refractivity contribution in [3.05, 3.63) is 34.6 Å². The summed E-state index contributed by atoms with van der Waals surface area (Å²) in [6, 6.07) is 0.0987. The van der Waals surface area contributed by atoms with Gasteiger partial charge in [-0.3, -0.25) is 0 Å². The zero-order chi connectivity index (χ0) is 15.7. The molecule has 0 radical (unpaired) electrons. The van der Waals surface area contributed by atoms with Crippen LogP contribution in [0.1, 0.15) is 0 Å². The quantitative estimate of drug-likeness (QED) is 0.696. The van der Waals surface area contributed by atoms with Crippen LogP contribution in [0.5, 0.6) is 0 Å². The van der Waals surface area contributed by atoms with Crippen LogP contribution in [-0.2, 0) is 0 Å². The van der Waals surface area contributed by atoms with Crippen LogP contribution in [0, 0.1) is 23.3 Å². The van der Waals surface area contributed by atoms with Crippen LogP contribution >= 0.6 is 11.6 Å². The number of halogens is 5. The van der Waals surface area contributed by atoms with E-state index in [2.05, 4.69) is 20.3 Å². The summed E-state index contributed by atoms with van der Waals surface area (Å²) in [6.45, 7) is 0. The van der Waals surface area contributed by atoms with E-state index >= 15 is 0 Å². The summed E-state index contributed by atoms with van der Waals surface area (Å²) in [4.78, 5) is 12.6. The van der Waals surface area contributed by atoms with E-state index < -0.39 is 29.0 Å². The van der Waals surface area contributed by atoms with Crippen molar-refractivity contribution >= 4 is 29.2 Å². The number of anilines is 3. The molecule has 1 heterocycles. The molecule has 5 nitrogen and oxygen atoms in total. The summed E-state index contributed by atoms with van der Waals surface area (Å²) < 4.78 is 53.3. The Hall–Kier alpha value is -2.16. The predicted molar refractivity (Wildman–Crippen MR) is 68.7 cm³/mol. The lowest BCUT2D eigenvalue weighted by molar-refractivity contribution is 0.459. The van der Waals surface area contributed by atoms with Crippen LogP contribution in [0.15, 0.2) is 6.07 Å². The largest absolute Gasteiger partial charge is 0.347 e. The second-order valence-corrected chi connectivity index (χ2v) is 4.43. The van der Waals surface area contributed by atoms with Crippen molar-refractivity contribution in [2.75, 3.05) is 24.3 Å². The Morgan fingerprint density at radius 1 is 1.00 bits per heavy atom. The Morgan fingerprint density at radius 2 is 1.57 bits per heavy atom. The number of hydrogen-bond donors (Lipinski definition) is 1. The van der Waals surface area contributed by atoms with Crippen molar-refractivity contribution in [1.82, 2.24) is 15.0 Å². The maximum absolute atomic E-state index is 13.5. The SMILES string of the molecule is CN(C)c1nc(Cl)nc(Nc2c(F)c(F)cc(F)c2F)n1. The summed E-state index contributed by atoms with van der Waals surface area (Å²) >= 11 is 5.64. The molecule has 0 saturated heterocycles. The van der Waals surface area contributed by atoms with Crippen molar-refractivity contribution in [2.45, 2.75) is 0 Å². The highest BCUT2D eigenvalue weighted by atomic mass is 35.5.